The molecule has 0 saturated heterocycles. The maximum atomic E-state index is 12.7. The van der Waals surface area contributed by atoms with Gasteiger partial charge < -0.3 is 15.2 Å². The van der Waals surface area contributed by atoms with Crippen molar-refractivity contribution in [3.63, 3.8) is 0 Å². The van der Waals surface area contributed by atoms with Gasteiger partial charge in [0, 0.05) is 17.5 Å². The molecule has 7 heteroatoms. The third-order valence-corrected chi connectivity index (χ3v) is 4.87. The Morgan fingerprint density at radius 1 is 1.19 bits per heavy atom. The number of rotatable bonds is 6. The molecule has 3 rings (SSSR count). The standard InChI is InChI=1S/C20H22N4O2S/c1-13(21-14(2)25)20-23-17-9-4-5-10-18(17)24(20)12-19(26)22-15-7-6-8-16(11-15)27-3/h4-11,13H,12H2,1-3H3,(H,21,25)(H,22,26). The largest absolute Gasteiger partial charge is 0.347 e. The van der Waals surface area contributed by atoms with Crippen LogP contribution in [0.15, 0.2) is 53.4 Å². The van der Waals surface area contributed by atoms with E-state index < -0.39 is 0 Å². The second-order valence-corrected chi connectivity index (χ2v) is 7.13. The summed E-state index contributed by atoms with van der Waals surface area (Å²) in [6.07, 6.45) is 1.99. The van der Waals surface area contributed by atoms with Crippen molar-refractivity contribution in [1.29, 1.82) is 0 Å². The molecular weight excluding hydrogens is 360 g/mol. The summed E-state index contributed by atoms with van der Waals surface area (Å²) in [5.74, 6) is 0.367. The zero-order valence-electron chi connectivity index (χ0n) is 15.5. The average molecular weight is 382 g/mol. The van der Waals surface area contributed by atoms with Crippen LogP contribution >= 0.6 is 11.8 Å². The van der Waals surface area contributed by atoms with Crippen LogP contribution in [0.3, 0.4) is 0 Å². The minimum absolute atomic E-state index is 0.114. The third-order valence-electron chi connectivity index (χ3n) is 4.15. The number of anilines is 1. The van der Waals surface area contributed by atoms with Crippen molar-refractivity contribution in [1.82, 2.24) is 14.9 Å². The SMILES string of the molecule is CSc1cccc(NC(=O)Cn2c(C(C)NC(C)=O)nc3ccccc32)c1. The maximum Gasteiger partial charge on any atom is 0.244 e. The number of carbonyl (C=O) groups excluding carboxylic acids is 2. The number of carbonyl (C=O) groups is 2. The highest BCUT2D eigenvalue weighted by Gasteiger charge is 2.19. The molecule has 0 spiro atoms. The number of hydrogen-bond acceptors (Lipinski definition) is 4. The Balaban J connectivity index is 1.88. The number of hydrogen-bond donors (Lipinski definition) is 2. The van der Waals surface area contributed by atoms with Gasteiger partial charge in [0.2, 0.25) is 11.8 Å². The number of para-hydroxylation sites is 2. The first kappa shape index (κ1) is 19.0. The first-order valence-electron chi connectivity index (χ1n) is 8.64. The molecule has 0 aliphatic carbocycles. The van der Waals surface area contributed by atoms with Crippen molar-refractivity contribution in [2.75, 3.05) is 11.6 Å². The van der Waals surface area contributed by atoms with E-state index in [1.165, 1.54) is 6.92 Å². The van der Waals surface area contributed by atoms with Crippen molar-refractivity contribution in [2.24, 2.45) is 0 Å². The number of thioether (sulfide) groups is 1. The highest BCUT2D eigenvalue weighted by molar-refractivity contribution is 7.98. The van der Waals surface area contributed by atoms with E-state index in [0.29, 0.717) is 5.82 Å². The summed E-state index contributed by atoms with van der Waals surface area (Å²) in [5, 5.41) is 5.78. The smallest absolute Gasteiger partial charge is 0.244 e. The van der Waals surface area contributed by atoms with Gasteiger partial charge in [-0.1, -0.05) is 18.2 Å². The average Bonchev–Trinajstić information content (AvgIpc) is 3.00. The molecular formula is C20H22N4O2S. The maximum absolute atomic E-state index is 12.7. The number of imidazole rings is 1. The quantitative estimate of drug-likeness (QED) is 0.639. The van der Waals surface area contributed by atoms with Crippen LogP contribution in [0.1, 0.15) is 25.7 Å². The molecule has 1 atom stereocenters. The van der Waals surface area contributed by atoms with Crippen LogP contribution in [0.2, 0.25) is 0 Å². The number of benzene rings is 2. The van der Waals surface area contributed by atoms with Gasteiger partial charge in [-0.25, -0.2) is 4.98 Å². The summed E-state index contributed by atoms with van der Waals surface area (Å²) in [5.41, 5.74) is 2.41. The normalized spacial score (nSPS) is 12.0. The highest BCUT2D eigenvalue weighted by atomic mass is 32.2. The lowest BCUT2D eigenvalue weighted by atomic mass is 10.3. The number of aromatic nitrogens is 2. The van der Waals surface area contributed by atoms with Gasteiger partial charge in [-0.05, 0) is 43.5 Å². The van der Waals surface area contributed by atoms with Crippen LogP contribution in [0, 0.1) is 0 Å². The second kappa shape index (κ2) is 8.26. The number of fused-ring (bicyclic) bond motifs is 1. The molecule has 0 bridgehead atoms. The van der Waals surface area contributed by atoms with Crippen LogP contribution in [0.4, 0.5) is 5.69 Å². The zero-order chi connectivity index (χ0) is 19.4. The van der Waals surface area contributed by atoms with Crippen LogP contribution in [0.25, 0.3) is 11.0 Å². The topological polar surface area (TPSA) is 76.0 Å². The molecule has 2 aromatic carbocycles. The number of nitrogens with one attached hydrogen (secondary N) is 2. The fraction of sp³-hybridized carbons (Fsp3) is 0.250. The number of amides is 2. The summed E-state index contributed by atoms with van der Waals surface area (Å²) >= 11 is 1.62. The summed E-state index contributed by atoms with van der Waals surface area (Å²) < 4.78 is 1.85. The van der Waals surface area contributed by atoms with Gasteiger partial charge in [0.05, 0.1) is 17.1 Å². The van der Waals surface area contributed by atoms with Crippen LogP contribution < -0.4 is 10.6 Å². The molecule has 0 radical (unpaired) electrons. The molecule has 0 aliphatic rings. The van der Waals surface area contributed by atoms with E-state index in [4.69, 9.17) is 0 Å². The van der Waals surface area contributed by atoms with Crippen LogP contribution in [-0.2, 0) is 16.1 Å². The zero-order valence-corrected chi connectivity index (χ0v) is 16.3. The van der Waals surface area contributed by atoms with Gasteiger partial charge in [0.1, 0.15) is 12.4 Å². The van der Waals surface area contributed by atoms with E-state index in [9.17, 15) is 9.59 Å². The van der Waals surface area contributed by atoms with Gasteiger partial charge >= 0.3 is 0 Å². The van der Waals surface area contributed by atoms with Gasteiger partial charge in [0.25, 0.3) is 0 Å². The Hall–Kier alpha value is -2.80. The van der Waals surface area contributed by atoms with Crippen molar-refractivity contribution in [3.05, 3.63) is 54.4 Å². The first-order chi connectivity index (χ1) is 13.0. The molecule has 1 heterocycles. The van der Waals surface area contributed by atoms with Gasteiger partial charge in [-0.15, -0.1) is 11.8 Å². The molecule has 2 amide bonds. The van der Waals surface area contributed by atoms with Crippen molar-refractivity contribution in [2.45, 2.75) is 31.3 Å². The lowest BCUT2D eigenvalue weighted by Gasteiger charge is -2.15. The Morgan fingerprint density at radius 2 is 1.96 bits per heavy atom. The monoisotopic (exact) mass is 382 g/mol. The molecule has 1 aromatic heterocycles. The Morgan fingerprint density at radius 3 is 2.70 bits per heavy atom. The molecule has 3 aromatic rings. The van der Waals surface area contributed by atoms with Gasteiger partial charge in [-0.2, -0.15) is 0 Å². The lowest BCUT2D eigenvalue weighted by Crippen LogP contribution is -2.28. The van der Waals surface area contributed by atoms with E-state index >= 15 is 0 Å². The summed E-state index contributed by atoms with van der Waals surface area (Å²) in [6.45, 7) is 3.44. The van der Waals surface area contributed by atoms with E-state index in [2.05, 4.69) is 15.6 Å². The fourth-order valence-electron chi connectivity index (χ4n) is 3.01. The van der Waals surface area contributed by atoms with E-state index in [1.54, 1.807) is 11.8 Å². The van der Waals surface area contributed by atoms with Crippen molar-refractivity contribution >= 4 is 40.3 Å². The van der Waals surface area contributed by atoms with Gasteiger partial charge in [-0.3, -0.25) is 9.59 Å². The van der Waals surface area contributed by atoms with E-state index in [-0.39, 0.29) is 24.4 Å². The molecule has 27 heavy (non-hydrogen) atoms. The predicted molar refractivity (Wildman–Crippen MR) is 109 cm³/mol. The molecule has 2 N–H and O–H groups in total. The Kier molecular flexibility index (Phi) is 5.81. The molecule has 140 valence electrons. The van der Waals surface area contributed by atoms with E-state index in [1.807, 2.05) is 66.3 Å². The fourth-order valence-corrected chi connectivity index (χ4v) is 3.46. The first-order valence-corrected chi connectivity index (χ1v) is 9.86. The van der Waals surface area contributed by atoms with Crippen LogP contribution in [0.5, 0.6) is 0 Å². The predicted octanol–water partition coefficient (Wildman–Crippen LogP) is 3.59. The number of nitrogens with zero attached hydrogens (tertiary/aromatic N) is 2. The molecule has 0 fully saturated rings. The molecule has 1 unspecified atom stereocenters. The van der Waals surface area contributed by atoms with Crippen molar-refractivity contribution in [3.8, 4) is 0 Å². The lowest BCUT2D eigenvalue weighted by molar-refractivity contribution is -0.119. The summed E-state index contributed by atoms with van der Waals surface area (Å²) in [6, 6.07) is 15.1. The van der Waals surface area contributed by atoms with Crippen molar-refractivity contribution < 1.29 is 9.59 Å². The minimum atomic E-state index is -0.303. The Labute approximate surface area is 162 Å². The summed E-state index contributed by atoms with van der Waals surface area (Å²) in [4.78, 5) is 29.8. The second-order valence-electron chi connectivity index (χ2n) is 6.25. The molecule has 0 saturated carbocycles. The van der Waals surface area contributed by atoms with Gasteiger partial charge in [0.15, 0.2) is 0 Å². The van der Waals surface area contributed by atoms with E-state index in [0.717, 1.165) is 21.6 Å². The Bertz CT molecular complexity index is 983. The molecule has 0 aliphatic heterocycles. The minimum Gasteiger partial charge on any atom is -0.347 e. The summed E-state index contributed by atoms with van der Waals surface area (Å²) in [7, 11) is 0. The molecule has 6 nitrogen and oxygen atoms in total. The van der Waals surface area contributed by atoms with Crippen LogP contribution in [-0.4, -0.2) is 27.6 Å². The highest BCUT2D eigenvalue weighted by Crippen LogP contribution is 2.22. The third kappa shape index (κ3) is 4.49.